The van der Waals surface area contributed by atoms with Crippen molar-refractivity contribution in [1.29, 1.82) is 0 Å². The molecule has 2 aliphatic rings. The van der Waals surface area contributed by atoms with E-state index in [9.17, 15) is 29.4 Å². The first-order valence-corrected chi connectivity index (χ1v) is 13.9. The van der Waals surface area contributed by atoms with Crippen molar-refractivity contribution in [2.75, 3.05) is 9.80 Å². The Morgan fingerprint density at radius 1 is 0.364 bits per heavy atom. The highest BCUT2D eigenvalue weighted by Crippen LogP contribution is 2.47. The summed E-state index contributed by atoms with van der Waals surface area (Å²) in [7, 11) is 0. The highest BCUT2D eigenvalue weighted by Gasteiger charge is 2.38. The number of phenolic OH excluding ortho intramolecular Hbond substituents is 2. The molecule has 8 nitrogen and oxygen atoms in total. The van der Waals surface area contributed by atoms with E-state index < -0.39 is 23.6 Å². The van der Waals surface area contributed by atoms with Crippen LogP contribution in [0.4, 0.5) is 11.4 Å². The van der Waals surface area contributed by atoms with Crippen molar-refractivity contribution in [3.8, 4) is 11.5 Å². The second kappa shape index (κ2) is 8.17. The number of hydrogen-bond acceptors (Lipinski definition) is 6. The number of carbonyl (C=O) groups excluding carboxylic acids is 4. The molecule has 0 fully saturated rings. The number of hydrogen-bond donors (Lipinski definition) is 2. The average Bonchev–Trinajstić information content (AvgIpc) is 3.03. The molecule has 7 aromatic carbocycles. The average molecular weight is 575 g/mol. The Balaban J connectivity index is 1.33. The number of amides is 4. The Kier molecular flexibility index (Phi) is 4.52. The third-order valence-corrected chi connectivity index (χ3v) is 8.88. The summed E-state index contributed by atoms with van der Waals surface area (Å²) in [5, 5.41) is 26.5. The number of aromatic hydroxyl groups is 2. The molecule has 2 aliphatic heterocycles. The van der Waals surface area contributed by atoms with Gasteiger partial charge in [-0.05, 0) is 80.8 Å². The van der Waals surface area contributed by atoms with E-state index in [0.717, 1.165) is 42.1 Å². The van der Waals surface area contributed by atoms with Crippen molar-refractivity contribution in [3.05, 3.63) is 119 Å². The van der Waals surface area contributed by atoms with Gasteiger partial charge in [-0.2, -0.15) is 0 Å². The SMILES string of the molecule is O=C1c2ccc3c4ccc5c6c(ccc(c7ccc(c2c37)C(=O)N1c1ccccc1O)c64)C(=O)N(c1ccccc1O)C5=O. The smallest absolute Gasteiger partial charge is 0.266 e. The number of para-hydroxylation sites is 4. The molecule has 8 heteroatoms. The van der Waals surface area contributed by atoms with Gasteiger partial charge in [0.05, 0.1) is 11.4 Å². The second-order valence-corrected chi connectivity index (χ2v) is 11.0. The van der Waals surface area contributed by atoms with Crippen molar-refractivity contribution >= 4 is 78.1 Å². The number of benzene rings is 7. The number of rotatable bonds is 2. The van der Waals surface area contributed by atoms with E-state index in [1.165, 1.54) is 24.3 Å². The molecule has 0 unspecified atom stereocenters. The van der Waals surface area contributed by atoms with Crippen LogP contribution in [0.5, 0.6) is 11.5 Å². The van der Waals surface area contributed by atoms with Crippen LogP contribution in [-0.4, -0.2) is 33.8 Å². The lowest BCUT2D eigenvalue weighted by atomic mass is 9.82. The van der Waals surface area contributed by atoms with Gasteiger partial charge >= 0.3 is 0 Å². The minimum absolute atomic E-state index is 0.110. The molecule has 0 atom stereocenters. The van der Waals surface area contributed by atoms with E-state index in [1.807, 2.05) is 24.3 Å². The Morgan fingerprint density at radius 2 is 0.659 bits per heavy atom. The number of imide groups is 2. The first-order valence-electron chi connectivity index (χ1n) is 13.9. The molecular formula is C36H18N2O6. The van der Waals surface area contributed by atoms with Crippen molar-refractivity contribution < 1.29 is 29.4 Å². The highest BCUT2D eigenvalue weighted by molar-refractivity contribution is 6.45. The van der Waals surface area contributed by atoms with E-state index in [2.05, 4.69) is 0 Å². The van der Waals surface area contributed by atoms with Crippen LogP contribution in [0, 0.1) is 0 Å². The van der Waals surface area contributed by atoms with Gasteiger partial charge in [-0.15, -0.1) is 0 Å². The fraction of sp³-hybridized carbons (Fsp3) is 0. The first-order chi connectivity index (χ1) is 21.4. The van der Waals surface area contributed by atoms with Crippen molar-refractivity contribution in [2.24, 2.45) is 0 Å². The maximum absolute atomic E-state index is 13.8. The van der Waals surface area contributed by atoms with E-state index in [-0.39, 0.29) is 22.9 Å². The molecule has 2 N–H and O–H groups in total. The Bertz CT molecular complexity index is 2220. The largest absolute Gasteiger partial charge is 0.506 e. The maximum Gasteiger partial charge on any atom is 0.266 e. The van der Waals surface area contributed by atoms with Crippen LogP contribution in [0.25, 0.3) is 43.1 Å². The zero-order chi connectivity index (χ0) is 30.0. The van der Waals surface area contributed by atoms with Crippen molar-refractivity contribution in [1.82, 2.24) is 0 Å². The van der Waals surface area contributed by atoms with Gasteiger partial charge in [0.1, 0.15) is 11.5 Å². The van der Waals surface area contributed by atoms with Crippen molar-refractivity contribution in [2.45, 2.75) is 0 Å². The van der Waals surface area contributed by atoms with E-state index in [0.29, 0.717) is 33.0 Å². The molecule has 0 saturated heterocycles. The molecule has 44 heavy (non-hydrogen) atoms. The van der Waals surface area contributed by atoms with E-state index in [1.54, 1.807) is 48.5 Å². The third kappa shape index (κ3) is 2.81. The zero-order valence-corrected chi connectivity index (χ0v) is 22.7. The predicted octanol–water partition coefficient (Wildman–Crippen LogP) is 6.75. The second-order valence-electron chi connectivity index (χ2n) is 11.0. The Hall–Kier alpha value is -6.28. The van der Waals surface area contributed by atoms with E-state index in [4.69, 9.17) is 0 Å². The lowest BCUT2D eigenvalue weighted by Crippen LogP contribution is -2.40. The van der Waals surface area contributed by atoms with Gasteiger partial charge in [0, 0.05) is 33.0 Å². The summed E-state index contributed by atoms with van der Waals surface area (Å²) in [5.41, 5.74) is 1.56. The van der Waals surface area contributed by atoms with Crippen molar-refractivity contribution in [3.63, 3.8) is 0 Å². The summed E-state index contributed by atoms with van der Waals surface area (Å²) >= 11 is 0. The highest BCUT2D eigenvalue weighted by atomic mass is 16.3. The lowest BCUT2D eigenvalue weighted by molar-refractivity contribution is 0.0877. The summed E-state index contributed by atoms with van der Waals surface area (Å²) in [6.07, 6.45) is 0. The molecule has 0 aromatic heterocycles. The van der Waals surface area contributed by atoms with Gasteiger partial charge in [-0.25, -0.2) is 9.80 Å². The number of fused-ring (bicyclic) bond motifs is 2. The number of anilines is 2. The van der Waals surface area contributed by atoms with Crippen LogP contribution in [0.3, 0.4) is 0 Å². The maximum atomic E-state index is 13.8. The van der Waals surface area contributed by atoms with Crippen LogP contribution < -0.4 is 9.80 Å². The minimum Gasteiger partial charge on any atom is -0.506 e. The quantitative estimate of drug-likeness (QED) is 0.134. The Labute approximate surface area is 247 Å². The molecule has 0 aliphatic carbocycles. The standard InChI is InChI=1S/C36H18N2O6/c39-27-7-3-1-5-25(27)37-33(41)21-13-9-17-19-11-15-23-32-24(36(44)38(35(23)43)26-6-2-4-8-28(26)40)16-12-20(30(19)32)18-10-14-22(34(37)42)31(21)29(17)18/h1-16,39-40H. The molecule has 0 bridgehead atoms. The number of carbonyl (C=O) groups is 4. The third-order valence-electron chi connectivity index (χ3n) is 8.88. The first kappa shape index (κ1) is 24.3. The molecule has 0 spiro atoms. The van der Waals surface area contributed by atoms with Gasteiger partial charge in [0.2, 0.25) is 0 Å². The zero-order valence-electron chi connectivity index (χ0n) is 22.7. The van der Waals surface area contributed by atoms with Gasteiger partial charge in [0.25, 0.3) is 23.6 Å². The number of phenols is 2. The fourth-order valence-corrected chi connectivity index (χ4v) is 7.01. The summed E-state index contributed by atoms with van der Waals surface area (Å²) in [4.78, 5) is 57.2. The number of nitrogens with zero attached hydrogens (tertiary/aromatic N) is 2. The Morgan fingerprint density at radius 3 is 0.955 bits per heavy atom. The minimum atomic E-state index is -0.538. The van der Waals surface area contributed by atoms with Crippen LogP contribution in [-0.2, 0) is 0 Å². The van der Waals surface area contributed by atoms with Gasteiger partial charge in [-0.3, -0.25) is 19.2 Å². The van der Waals surface area contributed by atoms with Gasteiger partial charge in [-0.1, -0.05) is 48.5 Å². The fourth-order valence-electron chi connectivity index (χ4n) is 7.01. The normalized spacial score (nSPS) is 14.6. The summed E-state index contributed by atoms with van der Waals surface area (Å²) < 4.78 is 0. The summed E-state index contributed by atoms with van der Waals surface area (Å²) in [6, 6.07) is 26.5. The molecule has 0 saturated carbocycles. The molecule has 7 aromatic rings. The molecule has 4 amide bonds. The summed E-state index contributed by atoms with van der Waals surface area (Å²) in [6.45, 7) is 0. The predicted molar refractivity (Wildman–Crippen MR) is 166 cm³/mol. The molecule has 2 heterocycles. The van der Waals surface area contributed by atoms with Gasteiger partial charge < -0.3 is 10.2 Å². The van der Waals surface area contributed by atoms with E-state index >= 15 is 0 Å². The van der Waals surface area contributed by atoms with Crippen LogP contribution in [0.15, 0.2) is 97.1 Å². The molecule has 9 rings (SSSR count). The van der Waals surface area contributed by atoms with Crippen LogP contribution in [0.2, 0.25) is 0 Å². The van der Waals surface area contributed by atoms with Gasteiger partial charge in [0.15, 0.2) is 0 Å². The van der Waals surface area contributed by atoms with Crippen LogP contribution in [0.1, 0.15) is 41.4 Å². The van der Waals surface area contributed by atoms with Crippen LogP contribution >= 0.6 is 0 Å². The summed E-state index contributed by atoms with van der Waals surface area (Å²) in [5.74, 6) is -2.51. The molecule has 208 valence electrons. The monoisotopic (exact) mass is 574 g/mol. The molecular weight excluding hydrogens is 556 g/mol. The lowest BCUT2D eigenvalue weighted by Gasteiger charge is -2.30. The molecule has 0 radical (unpaired) electrons. The topological polar surface area (TPSA) is 115 Å².